The van der Waals surface area contributed by atoms with Crippen molar-refractivity contribution in [2.75, 3.05) is 52.7 Å². The smallest absolute Gasteiger partial charge is 0.187 e. The molecule has 0 aromatic rings. The summed E-state index contributed by atoms with van der Waals surface area (Å²) in [5, 5.41) is 257. The van der Waals surface area contributed by atoms with E-state index in [0.29, 0.717) is 0 Å². The van der Waals surface area contributed by atoms with E-state index in [-0.39, 0.29) is 0 Å². The van der Waals surface area contributed by atoms with Crippen LogP contribution in [0, 0.1) is 5.41 Å². The molecule has 30 aliphatic rings. The summed E-state index contributed by atoms with van der Waals surface area (Å²) in [6, 6.07) is 0. The van der Waals surface area contributed by atoms with Crippen LogP contribution < -0.4 is 22.5 Å². The lowest BCUT2D eigenvalue weighted by Crippen LogP contribution is -2.69. The quantitative estimate of drug-likeness (QED) is 0.0713. The summed E-state index contributed by atoms with van der Waals surface area (Å²) < 4.78 is 92.7. The summed E-state index contributed by atoms with van der Waals surface area (Å²) in [4.78, 5) is 3.85. The Labute approximate surface area is 530 Å². The number of nitrogens with one attached hydrogen (secondary N) is 2. The van der Waals surface area contributed by atoms with Crippen LogP contribution in [0.4, 0.5) is 0 Å². The zero-order valence-corrected chi connectivity index (χ0v) is 49.3. The second-order valence-corrected chi connectivity index (χ2v) is 23.7. The van der Waals surface area contributed by atoms with Gasteiger partial charge in [0.2, 0.25) is 0 Å². The van der Waals surface area contributed by atoms with Gasteiger partial charge < -0.3 is 211 Å². The van der Waals surface area contributed by atoms with Crippen molar-refractivity contribution < 1.29 is 188 Å². The molecule has 0 aromatic carbocycles. The Morgan fingerprint density at radius 1 is 0.266 bits per heavy atom. The molecule has 30 saturated heterocycles. The van der Waals surface area contributed by atoms with Crippen molar-refractivity contribution in [3.63, 3.8) is 0 Å². The molecule has 40 atom stereocenters. The third-order valence-electron chi connectivity index (χ3n) is 17.5. The molecular weight excluding hydrogens is 1290 g/mol. The fourth-order valence-electron chi connectivity index (χ4n) is 12.3. The maximum atomic E-state index is 11.6. The van der Waals surface area contributed by atoms with Crippen molar-refractivity contribution in [2.45, 2.75) is 246 Å². The van der Waals surface area contributed by atoms with Crippen LogP contribution >= 0.6 is 0 Å². The topological polar surface area (TPSA) is 719 Å². The summed E-state index contributed by atoms with van der Waals surface area (Å²) in [5.74, 6) is -1.26. The second kappa shape index (κ2) is 32.1. The standard InChI is InChI=1S/C50H86N6O38/c51-49(52)55-1-9-33-17(63)25(71)41(79-9)89-35-11(3-57)83-45(29(75)21(35)67)93-39-15(7-61)86-48(32(78)24(39)70)92-38-14(6-60)82-44(28(74)20(38)66)88-34-10(2-56-50(53)54)80-42(26(72)18(34)64)90-36-12(4-58)84-46(30(76)22(36)68)94-40-16(8-62)85-47(31(77)23(40)69)91-37-13(5-59)81-43(87-33)27(73)19(37)65/h9-48,57-78H,1-8H2,(H4,51,52,55)(H4,53,54,56)/t9-,10-,11-,12-,13-,14-,15-,16-,17-,18-,19-,20-,21-,22-,23-,24-,25-,26-,27-,28-,29-,30-,31-,32-,33-,34-,35-,36-,37-,38-,39-,40-,41-,42-,43-,44-,45-,46-,47-,48-/m1/s1. The Hall–Kier alpha value is -2.98. The highest BCUT2D eigenvalue weighted by Gasteiger charge is 2.60. The molecule has 0 aliphatic carbocycles. The van der Waals surface area contributed by atoms with Gasteiger partial charge in [-0.1, -0.05) is 0 Å². The van der Waals surface area contributed by atoms with Gasteiger partial charge in [-0.3, -0.25) is 10.4 Å². The number of hydrogen-bond acceptors (Lipinski definition) is 40. The number of aliphatic imine (C=N–C) groups is 1. The zero-order valence-electron chi connectivity index (χ0n) is 49.3. The molecule has 544 valence electrons. The Balaban J connectivity index is 1.00. The molecule has 30 rings (SSSR count). The van der Waals surface area contributed by atoms with Crippen LogP contribution in [0.2, 0.25) is 0 Å². The highest BCUT2D eigenvalue weighted by molar-refractivity contribution is 5.75. The van der Waals surface area contributed by atoms with Gasteiger partial charge in [0.1, 0.15) is 195 Å². The third kappa shape index (κ3) is 15.5. The van der Waals surface area contributed by atoms with Crippen molar-refractivity contribution in [3.8, 4) is 0 Å². The minimum Gasteiger partial charge on any atom is -0.394 e. The summed E-state index contributed by atoms with van der Waals surface area (Å²) in [6.07, 6.45) is -82.2. The van der Waals surface area contributed by atoms with Crippen LogP contribution in [0.5, 0.6) is 0 Å². The number of ether oxygens (including phenoxy) is 16. The zero-order chi connectivity index (χ0) is 68.6. The first-order valence-electron chi connectivity index (χ1n) is 29.8. The van der Waals surface area contributed by atoms with Gasteiger partial charge in [0.05, 0.1) is 46.2 Å². The number of rotatable bonds is 10. The third-order valence-corrected chi connectivity index (χ3v) is 17.5. The van der Waals surface area contributed by atoms with Gasteiger partial charge in [-0.2, -0.15) is 0 Å². The predicted octanol–water partition coefficient (Wildman–Crippen LogP) is -18.6. The molecule has 44 nitrogen and oxygen atoms in total. The first kappa shape index (κ1) is 75.2. The number of aliphatic hydroxyl groups is 22. The lowest BCUT2D eigenvalue weighted by molar-refractivity contribution is -0.402. The second-order valence-electron chi connectivity index (χ2n) is 23.7. The fraction of sp³-hybridized carbons (Fsp3) is 0.960. The van der Waals surface area contributed by atoms with Gasteiger partial charge in [-0.25, -0.2) is 0 Å². The lowest BCUT2D eigenvalue weighted by atomic mass is 9.94. The molecule has 0 unspecified atom stereocenters. The Morgan fingerprint density at radius 3 is 0.617 bits per heavy atom. The van der Waals surface area contributed by atoms with Gasteiger partial charge in [-0.15, -0.1) is 0 Å². The van der Waals surface area contributed by atoms with Crippen LogP contribution in [0.15, 0.2) is 4.99 Å². The summed E-state index contributed by atoms with van der Waals surface area (Å²) >= 11 is 0. The normalized spacial score (nSPS) is 52.4. The van der Waals surface area contributed by atoms with Gasteiger partial charge in [0.25, 0.3) is 0 Å². The lowest BCUT2D eigenvalue weighted by Gasteiger charge is -2.50. The molecule has 44 heteroatoms. The monoisotopic (exact) mass is 1380 g/mol. The molecule has 0 saturated carbocycles. The molecule has 0 radical (unpaired) electrons. The van der Waals surface area contributed by atoms with Gasteiger partial charge in [-0.05, 0) is 0 Å². The highest BCUT2D eigenvalue weighted by atomic mass is 16.8. The van der Waals surface area contributed by atoms with Crippen molar-refractivity contribution in [2.24, 2.45) is 22.2 Å². The average Bonchev–Trinajstić information content (AvgIpc) is 0.789. The SMILES string of the molecule is N=C(N)NC[C@H]1O[C@@H]2O[C@H]3[C@H](O)[C@@H](O)[C@@H](O[C@H]4[C@H](O)[C@@H](O)[C@@H](O[C@H]5[C@H](O)[C@@H](O)[C@@H](O[C@H]6[C@H](O)[C@@H](O)[C@@H](O[C@H]7[C@H](O)[C@@H](O)[C@@H](O[C@H]8[C@H](O)[C@@H](O)[C@@H](O[C@H]9[C@H](O)[C@@H](O)[C@@H](O[C@H]1[C@H](O)[C@H]2O)O[C@@H]9CO)O[C@@H]8CO)O[C@@H]7CO)O[C@@H]6CN=C(N)N)O[C@@H]5CO)O[C@@H]4CO)O[C@@H]3CO. The van der Waals surface area contributed by atoms with Crippen LogP contribution in [0.3, 0.4) is 0 Å². The highest BCUT2D eigenvalue weighted by Crippen LogP contribution is 2.40. The van der Waals surface area contributed by atoms with E-state index in [4.69, 9.17) is 98.4 Å². The van der Waals surface area contributed by atoms with E-state index >= 15 is 0 Å². The van der Waals surface area contributed by atoms with E-state index in [1.165, 1.54) is 0 Å². The molecule has 30 N–H and O–H groups in total. The molecular formula is C50H86N6O38. The molecule has 0 aromatic heterocycles. The van der Waals surface area contributed by atoms with Gasteiger partial charge in [0, 0.05) is 6.54 Å². The van der Waals surface area contributed by atoms with Crippen LogP contribution in [0.25, 0.3) is 0 Å². The van der Waals surface area contributed by atoms with E-state index < -0.39 is 310 Å². The van der Waals surface area contributed by atoms with Crippen molar-refractivity contribution in [1.82, 2.24) is 5.32 Å². The van der Waals surface area contributed by atoms with Crippen LogP contribution in [-0.4, -0.2) is 423 Å². The van der Waals surface area contributed by atoms with Gasteiger partial charge >= 0.3 is 0 Å². The molecule has 0 amide bonds. The molecule has 0 spiro atoms. The number of hydrogen-bond donors (Lipinski definition) is 27. The minimum absolute atomic E-state index is 0.568. The number of guanidine groups is 2. The van der Waals surface area contributed by atoms with Gasteiger partial charge in [0.15, 0.2) is 62.2 Å². The molecule has 30 aliphatic heterocycles. The van der Waals surface area contributed by atoms with Crippen molar-refractivity contribution in [3.05, 3.63) is 0 Å². The van der Waals surface area contributed by atoms with Crippen molar-refractivity contribution >= 4 is 11.9 Å². The number of aliphatic hydroxyl groups excluding tert-OH is 22. The maximum Gasteiger partial charge on any atom is 0.187 e. The van der Waals surface area contributed by atoms with E-state index in [1.807, 2.05) is 0 Å². The average molecular weight is 1380 g/mol. The first-order chi connectivity index (χ1) is 44.6. The Bertz CT molecular complexity index is 2410. The summed E-state index contributed by atoms with van der Waals surface area (Å²) in [7, 11) is 0. The van der Waals surface area contributed by atoms with Crippen molar-refractivity contribution in [1.29, 1.82) is 5.41 Å². The molecule has 30 heterocycles. The summed E-state index contributed by atoms with van der Waals surface area (Å²) in [6.45, 7) is -7.81. The molecule has 30 fully saturated rings. The Kier molecular flexibility index (Phi) is 25.7. The fourth-order valence-corrected chi connectivity index (χ4v) is 12.3. The summed E-state index contributed by atoms with van der Waals surface area (Å²) in [5.41, 5.74) is 16.7. The first-order valence-corrected chi connectivity index (χ1v) is 29.8. The van der Waals surface area contributed by atoms with Crippen LogP contribution in [-0.2, 0) is 75.8 Å². The van der Waals surface area contributed by atoms with E-state index in [0.717, 1.165) is 0 Å². The number of nitrogens with zero attached hydrogens (tertiary/aromatic N) is 1. The van der Waals surface area contributed by atoms with E-state index in [2.05, 4.69) is 10.3 Å². The number of nitrogens with two attached hydrogens (primary N) is 3. The maximum absolute atomic E-state index is 11.6. The predicted molar refractivity (Wildman–Crippen MR) is 287 cm³/mol. The van der Waals surface area contributed by atoms with Crippen LogP contribution in [0.1, 0.15) is 0 Å². The largest absolute Gasteiger partial charge is 0.394 e. The minimum atomic E-state index is -2.27. The van der Waals surface area contributed by atoms with E-state index in [1.54, 1.807) is 0 Å². The Morgan fingerprint density at radius 2 is 0.436 bits per heavy atom. The molecule has 16 bridgehead atoms. The molecule has 94 heavy (non-hydrogen) atoms. The van der Waals surface area contributed by atoms with E-state index in [9.17, 15) is 112 Å².